The van der Waals surface area contributed by atoms with Crippen molar-refractivity contribution in [1.82, 2.24) is 0 Å². The van der Waals surface area contributed by atoms with Gasteiger partial charge in [0.25, 0.3) is 0 Å². The number of rotatable bonds is 3. The highest BCUT2D eigenvalue weighted by molar-refractivity contribution is 5.66. The number of carbonyl (C=O) groups is 2. The summed E-state index contributed by atoms with van der Waals surface area (Å²) >= 11 is 0. The smallest absolute Gasteiger partial charge is 0.302 e. The topological polar surface area (TPSA) is 52.6 Å². The second kappa shape index (κ2) is 7.57. The van der Waals surface area contributed by atoms with Crippen molar-refractivity contribution in [3.8, 4) is 0 Å². The van der Waals surface area contributed by atoms with Gasteiger partial charge in [0, 0.05) is 19.8 Å². The molecule has 4 saturated carbocycles. The van der Waals surface area contributed by atoms with Gasteiger partial charge in [-0.05, 0) is 99.2 Å². The van der Waals surface area contributed by atoms with Crippen LogP contribution in [0.3, 0.4) is 0 Å². The molecule has 4 heteroatoms. The maximum atomic E-state index is 11.5. The lowest BCUT2D eigenvalue weighted by Gasteiger charge is -2.61. The minimum absolute atomic E-state index is 0.0325. The van der Waals surface area contributed by atoms with Crippen molar-refractivity contribution in [1.29, 1.82) is 0 Å². The largest absolute Gasteiger partial charge is 0.463 e. The third-order valence-electron chi connectivity index (χ3n) is 9.94. The van der Waals surface area contributed by atoms with Crippen molar-refractivity contribution < 1.29 is 19.1 Å². The number of esters is 2. The third-order valence-corrected chi connectivity index (χ3v) is 9.94. The maximum Gasteiger partial charge on any atom is 0.302 e. The third kappa shape index (κ3) is 3.53. The van der Waals surface area contributed by atoms with Crippen LogP contribution in [0.15, 0.2) is 0 Å². The predicted octanol–water partition coefficient (Wildman–Crippen LogP) is 5.53. The molecule has 0 amide bonds. The molecular formula is C25H40O4. The minimum atomic E-state index is -0.143. The molecule has 4 aliphatic carbocycles. The molecular weight excluding hydrogens is 364 g/mol. The zero-order valence-electron chi connectivity index (χ0n) is 19.0. The van der Waals surface area contributed by atoms with E-state index in [0.29, 0.717) is 22.7 Å². The minimum Gasteiger partial charge on any atom is -0.463 e. The summed E-state index contributed by atoms with van der Waals surface area (Å²) < 4.78 is 11.3. The van der Waals surface area contributed by atoms with Crippen LogP contribution in [0.1, 0.15) is 92.4 Å². The van der Waals surface area contributed by atoms with E-state index in [0.717, 1.165) is 30.6 Å². The Hall–Kier alpha value is -1.06. The summed E-state index contributed by atoms with van der Waals surface area (Å²) in [6.07, 6.45) is 11.2. The van der Waals surface area contributed by atoms with Gasteiger partial charge in [0.2, 0.25) is 0 Å². The Balaban J connectivity index is 1.50. The van der Waals surface area contributed by atoms with Crippen LogP contribution in [0.4, 0.5) is 0 Å². The van der Waals surface area contributed by atoms with Crippen LogP contribution in [0.5, 0.6) is 0 Å². The van der Waals surface area contributed by atoms with Gasteiger partial charge >= 0.3 is 11.9 Å². The van der Waals surface area contributed by atoms with Crippen LogP contribution in [0.25, 0.3) is 0 Å². The highest BCUT2D eigenvalue weighted by Gasteiger charge is 2.61. The van der Waals surface area contributed by atoms with E-state index in [4.69, 9.17) is 9.47 Å². The first kappa shape index (κ1) is 21.2. The van der Waals surface area contributed by atoms with Gasteiger partial charge in [-0.1, -0.05) is 13.8 Å². The van der Waals surface area contributed by atoms with E-state index in [2.05, 4.69) is 20.8 Å². The van der Waals surface area contributed by atoms with Gasteiger partial charge in [-0.15, -0.1) is 0 Å². The molecule has 4 fully saturated rings. The number of carbonyl (C=O) groups excluding carboxylic acids is 2. The van der Waals surface area contributed by atoms with Crippen LogP contribution in [0.2, 0.25) is 0 Å². The molecule has 9 unspecified atom stereocenters. The van der Waals surface area contributed by atoms with Crippen LogP contribution < -0.4 is 0 Å². The number of ether oxygens (including phenoxy) is 2. The normalized spacial score (nSPS) is 47.3. The molecule has 0 radical (unpaired) electrons. The molecule has 0 aliphatic heterocycles. The molecule has 0 aromatic rings. The molecule has 0 bridgehead atoms. The van der Waals surface area contributed by atoms with Crippen LogP contribution >= 0.6 is 0 Å². The zero-order chi connectivity index (χ0) is 21.0. The summed E-state index contributed by atoms with van der Waals surface area (Å²) in [4.78, 5) is 23.0. The molecule has 9 atom stereocenters. The first-order valence-corrected chi connectivity index (χ1v) is 12.0. The summed E-state index contributed by atoms with van der Waals surface area (Å²) in [5, 5.41) is 0. The molecule has 0 saturated heterocycles. The van der Waals surface area contributed by atoms with Crippen molar-refractivity contribution in [2.45, 2.75) is 105 Å². The van der Waals surface area contributed by atoms with E-state index < -0.39 is 0 Å². The molecule has 4 nitrogen and oxygen atoms in total. The van der Waals surface area contributed by atoms with Crippen LogP contribution in [-0.4, -0.2) is 24.1 Å². The van der Waals surface area contributed by atoms with Gasteiger partial charge in [0.15, 0.2) is 0 Å². The lowest BCUT2D eigenvalue weighted by atomic mass is 9.44. The maximum absolute atomic E-state index is 11.5. The molecule has 4 aliphatic rings. The highest BCUT2D eigenvalue weighted by atomic mass is 16.5. The second-order valence-corrected chi connectivity index (χ2v) is 11.2. The van der Waals surface area contributed by atoms with E-state index in [-0.39, 0.29) is 24.1 Å². The molecule has 0 spiro atoms. The van der Waals surface area contributed by atoms with E-state index in [1.54, 1.807) is 6.92 Å². The standard InChI is InChI=1S/C25H40O4/c1-15(28-16(2)26)21-8-9-22-20-7-6-18-14-19(29-17(3)27)10-12-24(18,4)23(20)11-13-25(21,22)5/h15,18-23H,6-14H2,1-5H3. The van der Waals surface area contributed by atoms with Crippen LogP contribution in [-0.2, 0) is 19.1 Å². The average molecular weight is 405 g/mol. The average Bonchev–Trinajstić information content (AvgIpc) is 2.98. The van der Waals surface area contributed by atoms with Crippen molar-refractivity contribution in [3.05, 3.63) is 0 Å². The SMILES string of the molecule is CC(=O)OC1CCC2(C)C(CCC3C2CCC2(C)C(C(C)OC(C)=O)CCC32)C1. The monoisotopic (exact) mass is 404 g/mol. The Kier molecular flexibility index (Phi) is 5.53. The van der Waals surface area contributed by atoms with Gasteiger partial charge in [-0.25, -0.2) is 0 Å². The van der Waals surface area contributed by atoms with Gasteiger partial charge in [0.05, 0.1) is 0 Å². The van der Waals surface area contributed by atoms with Gasteiger partial charge in [-0.3, -0.25) is 9.59 Å². The predicted molar refractivity (Wildman–Crippen MR) is 112 cm³/mol. The Morgan fingerprint density at radius 1 is 0.862 bits per heavy atom. The fraction of sp³-hybridized carbons (Fsp3) is 0.920. The van der Waals surface area contributed by atoms with Crippen molar-refractivity contribution >= 4 is 11.9 Å². The van der Waals surface area contributed by atoms with E-state index in [1.165, 1.54) is 51.9 Å². The fourth-order valence-electron chi connectivity index (χ4n) is 8.72. The van der Waals surface area contributed by atoms with Crippen molar-refractivity contribution in [2.24, 2.45) is 40.4 Å². The first-order chi connectivity index (χ1) is 13.6. The zero-order valence-corrected chi connectivity index (χ0v) is 19.0. The molecule has 4 rings (SSSR count). The highest BCUT2D eigenvalue weighted by Crippen LogP contribution is 2.68. The Labute approximate surface area is 176 Å². The quantitative estimate of drug-likeness (QED) is 0.581. The number of hydrogen-bond acceptors (Lipinski definition) is 4. The Morgan fingerprint density at radius 2 is 1.55 bits per heavy atom. The van der Waals surface area contributed by atoms with Crippen LogP contribution in [0, 0.1) is 40.4 Å². The second-order valence-electron chi connectivity index (χ2n) is 11.2. The lowest BCUT2D eigenvalue weighted by Crippen LogP contribution is -2.54. The van der Waals surface area contributed by atoms with Gasteiger partial charge in [0.1, 0.15) is 12.2 Å². The molecule has 0 aromatic carbocycles. The van der Waals surface area contributed by atoms with Crippen molar-refractivity contribution in [3.63, 3.8) is 0 Å². The Morgan fingerprint density at radius 3 is 2.24 bits per heavy atom. The summed E-state index contributed by atoms with van der Waals surface area (Å²) in [6.45, 7) is 10.2. The van der Waals surface area contributed by atoms with Gasteiger partial charge < -0.3 is 9.47 Å². The molecule has 0 aromatic heterocycles. The fourth-order valence-corrected chi connectivity index (χ4v) is 8.72. The van der Waals surface area contributed by atoms with E-state index in [1.807, 2.05) is 0 Å². The summed E-state index contributed by atoms with van der Waals surface area (Å²) in [7, 11) is 0. The molecule has 0 N–H and O–H groups in total. The van der Waals surface area contributed by atoms with Crippen molar-refractivity contribution in [2.75, 3.05) is 0 Å². The Bertz CT molecular complexity index is 659. The lowest BCUT2D eigenvalue weighted by molar-refractivity contribution is -0.164. The van der Waals surface area contributed by atoms with E-state index >= 15 is 0 Å². The van der Waals surface area contributed by atoms with E-state index in [9.17, 15) is 9.59 Å². The summed E-state index contributed by atoms with van der Waals surface area (Å²) in [6, 6.07) is 0. The molecule has 29 heavy (non-hydrogen) atoms. The first-order valence-electron chi connectivity index (χ1n) is 12.0. The molecule has 164 valence electrons. The summed E-state index contributed by atoms with van der Waals surface area (Å²) in [5.74, 6) is 3.32. The number of fused-ring (bicyclic) bond motifs is 5. The van der Waals surface area contributed by atoms with Gasteiger partial charge in [-0.2, -0.15) is 0 Å². The molecule has 0 heterocycles. The summed E-state index contributed by atoms with van der Waals surface area (Å²) in [5.41, 5.74) is 0.717. The number of hydrogen-bond donors (Lipinski definition) is 0.